The van der Waals surface area contributed by atoms with E-state index >= 15 is 0 Å². The molecule has 7 heteroatoms. The standard InChI is InChI=1S/C25H36FN3O3/c1-6-15-31-18-22(30)16-28(14-13-19(4)5)17-23-24(20-9-11-21(26)12-10-20)27-32-25(23)29(7-2)8-3/h1,9-12,19,22,30H,7-8,13-18H2,2-5H3. The number of hydrogen-bond donors (Lipinski definition) is 1. The highest BCUT2D eigenvalue weighted by atomic mass is 19.1. The first kappa shape index (κ1) is 25.9. The van der Waals surface area contributed by atoms with Gasteiger partial charge in [-0.05, 0) is 57.0 Å². The topological polar surface area (TPSA) is 62.0 Å². The van der Waals surface area contributed by atoms with Crippen LogP contribution >= 0.6 is 0 Å². The third kappa shape index (κ3) is 7.63. The minimum absolute atomic E-state index is 0.176. The summed E-state index contributed by atoms with van der Waals surface area (Å²) in [5.41, 5.74) is 2.42. The van der Waals surface area contributed by atoms with Gasteiger partial charge in [-0.2, -0.15) is 0 Å². The van der Waals surface area contributed by atoms with Gasteiger partial charge in [-0.3, -0.25) is 4.90 Å². The van der Waals surface area contributed by atoms with Crippen molar-refractivity contribution in [2.45, 2.75) is 46.8 Å². The van der Waals surface area contributed by atoms with E-state index < -0.39 is 6.10 Å². The fraction of sp³-hybridized carbons (Fsp3) is 0.560. The van der Waals surface area contributed by atoms with Gasteiger partial charge >= 0.3 is 0 Å². The fourth-order valence-corrected chi connectivity index (χ4v) is 3.54. The van der Waals surface area contributed by atoms with Crippen LogP contribution in [-0.4, -0.2) is 60.7 Å². The summed E-state index contributed by atoms with van der Waals surface area (Å²) in [6.45, 7) is 12.2. The quantitative estimate of drug-likeness (QED) is 0.348. The molecule has 1 unspecified atom stereocenters. The molecule has 6 nitrogen and oxygen atoms in total. The SMILES string of the molecule is C#CCOCC(O)CN(CCC(C)C)Cc1c(-c2ccc(F)cc2)noc1N(CC)CC. The number of nitrogens with zero attached hydrogens (tertiary/aromatic N) is 3. The van der Waals surface area contributed by atoms with E-state index in [4.69, 9.17) is 15.7 Å². The van der Waals surface area contributed by atoms with E-state index in [0.29, 0.717) is 30.6 Å². The van der Waals surface area contributed by atoms with Crippen molar-refractivity contribution in [2.24, 2.45) is 5.92 Å². The molecule has 1 N–H and O–H groups in total. The van der Waals surface area contributed by atoms with Gasteiger partial charge < -0.3 is 19.3 Å². The van der Waals surface area contributed by atoms with Gasteiger partial charge in [0.1, 0.15) is 18.1 Å². The molecule has 176 valence electrons. The summed E-state index contributed by atoms with van der Waals surface area (Å²) < 4.78 is 24.6. The van der Waals surface area contributed by atoms with Crippen LogP contribution in [0.3, 0.4) is 0 Å². The lowest BCUT2D eigenvalue weighted by Crippen LogP contribution is -2.36. The van der Waals surface area contributed by atoms with Crippen molar-refractivity contribution < 1.29 is 18.8 Å². The summed E-state index contributed by atoms with van der Waals surface area (Å²) in [5.74, 6) is 3.35. The van der Waals surface area contributed by atoms with Gasteiger partial charge in [0, 0.05) is 31.7 Å². The number of halogens is 1. The van der Waals surface area contributed by atoms with E-state index in [2.05, 4.69) is 48.6 Å². The highest BCUT2D eigenvalue weighted by Crippen LogP contribution is 2.33. The maximum absolute atomic E-state index is 13.5. The van der Waals surface area contributed by atoms with Crippen LogP contribution < -0.4 is 4.90 Å². The predicted octanol–water partition coefficient (Wildman–Crippen LogP) is 4.19. The van der Waals surface area contributed by atoms with E-state index in [9.17, 15) is 9.50 Å². The number of rotatable bonds is 14. The molecule has 32 heavy (non-hydrogen) atoms. The summed E-state index contributed by atoms with van der Waals surface area (Å²) >= 11 is 0. The lowest BCUT2D eigenvalue weighted by atomic mass is 10.1. The maximum Gasteiger partial charge on any atom is 0.232 e. The van der Waals surface area contributed by atoms with E-state index in [0.717, 1.165) is 37.2 Å². The molecule has 0 aliphatic rings. The smallest absolute Gasteiger partial charge is 0.232 e. The maximum atomic E-state index is 13.5. The molecule has 0 fully saturated rings. The summed E-state index contributed by atoms with van der Waals surface area (Å²) in [4.78, 5) is 4.30. The van der Waals surface area contributed by atoms with Crippen molar-refractivity contribution in [3.63, 3.8) is 0 Å². The molecule has 0 aliphatic carbocycles. The molecule has 0 spiro atoms. The van der Waals surface area contributed by atoms with Crippen LogP contribution in [0.25, 0.3) is 11.3 Å². The number of hydrogen-bond acceptors (Lipinski definition) is 6. The fourth-order valence-electron chi connectivity index (χ4n) is 3.54. The Morgan fingerprint density at radius 2 is 1.91 bits per heavy atom. The van der Waals surface area contributed by atoms with E-state index in [1.54, 1.807) is 12.1 Å². The third-order valence-corrected chi connectivity index (χ3v) is 5.30. The lowest BCUT2D eigenvalue weighted by Gasteiger charge is -2.27. The van der Waals surface area contributed by atoms with Crippen molar-refractivity contribution in [1.29, 1.82) is 0 Å². The molecule has 2 rings (SSSR count). The second-order valence-electron chi connectivity index (χ2n) is 8.28. The van der Waals surface area contributed by atoms with Gasteiger partial charge in [0.15, 0.2) is 0 Å². The number of aromatic nitrogens is 1. The minimum atomic E-state index is -0.665. The van der Waals surface area contributed by atoms with Gasteiger partial charge in [0.05, 0.1) is 18.3 Å². The van der Waals surface area contributed by atoms with Crippen LogP contribution in [-0.2, 0) is 11.3 Å². The Hall–Kier alpha value is -2.40. The van der Waals surface area contributed by atoms with Crippen LogP contribution in [0.4, 0.5) is 10.3 Å². The largest absolute Gasteiger partial charge is 0.389 e. The van der Waals surface area contributed by atoms with Crippen molar-refractivity contribution in [3.8, 4) is 23.6 Å². The molecular formula is C25H36FN3O3. The molecule has 1 aromatic carbocycles. The number of terminal acetylenes is 1. The van der Waals surface area contributed by atoms with Crippen LogP contribution in [0.1, 0.15) is 39.7 Å². The van der Waals surface area contributed by atoms with E-state index in [-0.39, 0.29) is 19.0 Å². The highest BCUT2D eigenvalue weighted by Gasteiger charge is 2.24. The van der Waals surface area contributed by atoms with Crippen LogP contribution in [0.15, 0.2) is 28.8 Å². The monoisotopic (exact) mass is 445 g/mol. The molecule has 1 atom stereocenters. The number of benzene rings is 1. The van der Waals surface area contributed by atoms with Gasteiger partial charge in [-0.1, -0.05) is 24.9 Å². The van der Waals surface area contributed by atoms with Gasteiger partial charge in [-0.25, -0.2) is 4.39 Å². The van der Waals surface area contributed by atoms with Crippen LogP contribution in [0.2, 0.25) is 0 Å². The average Bonchev–Trinajstić information content (AvgIpc) is 3.17. The van der Waals surface area contributed by atoms with Crippen molar-refractivity contribution in [2.75, 3.05) is 44.3 Å². The number of aliphatic hydroxyl groups excluding tert-OH is 1. The van der Waals surface area contributed by atoms with E-state index in [1.165, 1.54) is 12.1 Å². The van der Waals surface area contributed by atoms with E-state index in [1.807, 2.05) is 0 Å². The predicted molar refractivity (Wildman–Crippen MR) is 126 cm³/mol. The third-order valence-electron chi connectivity index (χ3n) is 5.30. The Morgan fingerprint density at radius 1 is 1.22 bits per heavy atom. The zero-order chi connectivity index (χ0) is 23.5. The molecule has 0 radical (unpaired) electrons. The van der Waals surface area contributed by atoms with Gasteiger partial charge in [0.2, 0.25) is 5.88 Å². The molecule has 0 saturated carbocycles. The summed E-state index contributed by atoms with van der Waals surface area (Å²) in [6, 6.07) is 6.27. The minimum Gasteiger partial charge on any atom is -0.389 e. The Kier molecular flexibility index (Phi) is 10.7. The van der Waals surface area contributed by atoms with Crippen molar-refractivity contribution >= 4 is 5.88 Å². The number of ether oxygens (including phenoxy) is 1. The number of anilines is 1. The van der Waals surface area contributed by atoms with Crippen molar-refractivity contribution in [1.82, 2.24) is 10.1 Å². The Balaban J connectivity index is 2.34. The van der Waals surface area contributed by atoms with Gasteiger partial charge in [0.25, 0.3) is 0 Å². The molecular weight excluding hydrogens is 409 g/mol. The Bertz CT molecular complexity index is 841. The van der Waals surface area contributed by atoms with Crippen molar-refractivity contribution in [3.05, 3.63) is 35.6 Å². The normalized spacial score (nSPS) is 12.3. The summed E-state index contributed by atoms with van der Waals surface area (Å²) in [5, 5.41) is 14.8. The van der Waals surface area contributed by atoms with Gasteiger partial charge in [-0.15, -0.1) is 6.42 Å². The number of aliphatic hydroxyl groups is 1. The Labute approximate surface area is 191 Å². The zero-order valence-corrected chi connectivity index (χ0v) is 19.7. The first-order valence-corrected chi connectivity index (χ1v) is 11.3. The lowest BCUT2D eigenvalue weighted by molar-refractivity contribution is 0.0252. The average molecular weight is 446 g/mol. The second kappa shape index (κ2) is 13.2. The molecule has 0 aliphatic heterocycles. The molecule has 0 amide bonds. The first-order chi connectivity index (χ1) is 15.4. The zero-order valence-electron chi connectivity index (χ0n) is 19.7. The second-order valence-corrected chi connectivity index (χ2v) is 8.28. The molecule has 1 aromatic heterocycles. The first-order valence-electron chi connectivity index (χ1n) is 11.3. The molecule has 0 saturated heterocycles. The molecule has 1 heterocycles. The Morgan fingerprint density at radius 3 is 2.50 bits per heavy atom. The molecule has 0 bridgehead atoms. The molecule has 2 aromatic rings. The summed E-state index contributed by atoms with van der Waals surface area (Å²) in [7, 11) is 0. The van der Waals surface area contributed by atoms with Crippen LogP contribution in [0, 0.1) is 24.1 Å². The summed E-state index contributed by atoms with van der Waals surface area (Å²) in [6.07, 6.45) is 5.54. The highest BCUT2D eigenvalue weighted by molar-refractivity contribution is 5.68. The van der Waals surface area contributed by atoms with Crippen LogP contribution in [0.5, 0.6) is 0 Å².